The van der Waals surface area contributed by atoms with Crippen molar-refractivity contribution in [2.24, 2.45) is 0 Å². The van der Waals surface area contributed by atoms with E-state index >= 15 is 0 Å². The maximum Gasteiger partial charge on any atom is 0.416 e. The number of esters is 1. The molecule has 176 valence electrons. The molecule has 1 heterocycles. The summed E-state index contributed by atoms with van der Waals surface area (Å²) in [6, 6.07) is 12.3. The number of rotatable bonds is 10. The molecule has 0 fully saturated rings. The Morgan fingerprint density at radius 1 is 1.06 bits per heavy atom. The Balaban J connectivity index is 1.56. The van der Waals surface area contributed by atoms with Gasteiger partial charge in [-0.3, -0.25) is 9.59 Å². The van der Waals surface area contributed by atoms with Gasteiger partial charge < -0.3 is 24.1 Å². The molecule has 0 radical (unpaired) electrons. The number of aryl methyl sites for hydroxylation is 1. The lowest BCUT2D eigenvalue weighted by molar-refractivity contribution is -0.147. The second kappa shape index (κ2) is 10.9. The number of methoxy groups -OCH3 is 1. The van der Waals surface area contributed by atoms with Crippen molar-refractivity contribution < 1.29 is 37.0 Å². The number of ether oxygens (including phenoxy) is 3. The minimum absolute atomic E-state index is 0.0287. The zero-order valence-electron chi connectivity index (χ0n) is 17.9. The zero-order chi connectivity index (χ0) is 23.8. The lowest BCUT2D eigenvalue weighted by Gasteiger charge is -2.15. The highest BCUT2D eigenvalue weighted by atomic mass is 19.4. The molecule has 0 aliphatic rings. The second-order valence-corrected chi connectivity index (χ2v) is 7.08. The quantitative estimate of drug-likeness (QED) is 0.358. The SMILES string of the molecule is COCCOc1ccc(C(F)(F)F)cc1NC(=O)COC(=O)CCn1ccc2ccccc21. The number of hydrogen-bond acceptors (Lipinski definition) is 5. The number of benzene rings is 2. The van der Waals surface area contributed by atoms with Gasteiger partial charge in [0.2, 0.25) is 0 Å². The fourth-order valence-corrected chi connectivity index (χ4v) is 3.12. The summed E-state index contributed by atoms with van der Waals surface area (Å²) in [5.74, 6) is -1.35. The van der Waals surface area contributed by atoms with Crippen LogP contribution in [0.5, 0.6) is 5.75 Å². The van der Waals surface area contributed by atoms with Gasteiger partial charge in [-0.2, -0.15) is 13.2 Å². The standard InChI is InChI=1S/C23H23F3N2O5/c1-31-12-13-32-20-7-6-17(23(24,25)26)14-18(20)27-21(29)15-33-22(30)9-11-28-10-8-16-4-2-3-5-19(16)28/h2-8,10,14H,9,11-13,15H2,1H3,(H,27,29). The Kier molecular flexibility index (Phi) is 7.94. The van der Waals surface area contributed by atoms with E-state index in [0.29, 0.717) is 6.54 Å². The van der Waals surface area contributed by atoms with Crippen LogP contribution in [-0.4, -0.2) is 43.4 Å². The van der Waals surface area contributed by atoms with Gasteiger partial charge in [0, 0.05) is 25.4 Å². The largest absolute Gasteiger partial charge is 0.489 e. The first-order valence-corrected chi connectivity index (χ1v) is 10.1. The van der Waals surface area contributed by atoms with Gasteiger partial charge in [-0.1, -0.05) is 18.2 Å². The van der Waals surface area contributed by atoms with Crippen LogP contribution in [0.3, 0.4) is 0 Å². The minimum atomic E-state index is -4.60. The highest BCUT2D eigenvalue weighted by Gasteiger charge is 2.31. The molecule has 2 aromatic carbocycles. The van der Waals surface area contributed by atoms with E-state index in [0.717, 1.165) is 29.1 Å². The molecule has 10 heteroatoms. The first-order valence-electron chi connectivity index (χ1n) is 10.1. The van der Waals surface area contributed by atoms with Crippen LogP contribution in [0.1, 0.15) is 12.0 Å². The first kappa shape index (κ1) is 24.1. The summed E-state index contributed by atoms with van der Waals surface area (Å²) in [5.41, 5.74) is -0.165. The van der Waals surface area contributed by atoms with Crippen LogP contribution in [-0.2, 0) is 31.8 Å². The Morgan fingerprint density at radius 3 is 2.61 bits per heavy atom. The molecule has 0 atom stereocenters. The number of aromatic nitrogens is 1. The van der Waals surface area contributed by atoms with Crippen molar-refractivity contribution in [3.05, 3.63) is 60.3 Å². The molecule has 1 N–H and O–H groups in total. The molecule has 1 aromatic heterocycles. The number of carbonyl (C=O) groups excluding carboxylic acids is 2. The number of halogens is 3. The molecule has 0 bridgehead atoms. The van der Waals surface area contributed by atoms with Gasteiger partial charge in [0.1, 0.15) is 12.4 Å². The molecule has 0 saturated heterocycles. The molecule has 0 unspecified atom stereocenters. The topological polar surface area (TPSA) is 78.8 Å². The second-order valence-electron chi connectivity index (χ2n) is 7.08. The molecular weight excluding hydrogens is 441 g/mol. The normalized spacial score (nSPS) is 11.4. The molecule has 1 amide bonds. The van der Waals surface area contributed by atoms with Crippen LogP contribution in [0.15, 0.2) is 54.7 Å². The van der Waals surface area contributed by atoms with Gasteiger partial charge >= 0.3 is 12.1 Å². The predicted octanol–water partition coefficient (Wildman–Crippen LogP) is 4.26. The van der Waals surface area contributed by atoms with E-state index in [1.807, 2.05) is 41.1 Å². The highest BCUT2D eigenvalue weighted by Crippen LogP contribution is 2.35. The lowest BCUT2D eigenvalue weighted by Crippen LogP contribution is -2.22. The Labute approximate surface area is 188 Å². The van der Waals surface area contributed by atoms with Gasteiger partial charge in [-0.25, -0.2) is 0 Å². The predicted molar refractivity (Wildman–Crippen MR) is 115 cm³/mol. The van der Waals surface area contributed by atoms with Crippen molar-refractivity contribution in [3.8, 4) is 5.75 Å². The van der Waals surface area contributed by atoms with Crippen molar-refractivity contribution in [1.29, 1.82) is 0 Å². The van der Waals surface area contributed by atoms with Crippen LogP contribution in [0.2, 0.25) is 0 Å². The van der Waals surface area contributed by atoms with Crippen LogP contribution in [0, 0.1) is 0 Å². The van der Waals surface area contributed by atoms with Crippen molar-refractivity contribution in [2.45, 2.75) is 19.1 Å². The number of nitrogens with zero attached hydrogens (tertiary/aromatic N) is 1. The summed E-state index contributed by atoms with van der Waals surface area (Å²) in [6.07, 6.45) is -2.72. The fourth-order valence-electron chi connectivity index (χ4n) is 3.12. The van der Waals surface area contributed by atoms with Gasteiger partial charge in [-0.15, -0.1) is 0 Å². The summed E-state index contributed by atoms with van der Waals surface area (Å²) >= 11 is 0. The van der Waals surface area contributed by atoms with Crippen molar-refractivity contribution in [1.82, 2.24) is 4.57 Å². The van der Waals surface area contributed by atoms with Crippen LogP contribution >= 0.6 is 0 Å². The zero-order valence-corrected chi connectivity index (χ0v) is 17.9. The van der Waals surface area contributed by atoms with Gasteiger partial charge in [-0.05, 0) is 35.7 Å². The molecule has 7 nitrogen and oxygen atoms in total. The Bertz CT molecular complexity index is 1110. The summed E-state index contributed by atoms with van der Waals surface area (Å²) in [6.45, 7) is 0.00853. The highest BCUT2D eigenvalue weighted by molar-refractivity contribution is 5.94. The number of carbonyl (C=O) groups is 2. The molecular formula is C23H23F3N2O5. The number of hydrogen-bond donors (Lipinski definition) is 1. The van der Waals surface area contributed by atoms with Crippen LogP contribution < -0.4 is 10.1 Å². The fraction of sp³-hybridized carbons (Fsp3) is 0.304. The van der Waals surface area contributed by atoms with Crippen molar-refractivity contribution in [2.75, 3.05) is 32.2 Å². The Hall–Kier alpha value is -3.53. The molecule has 0 aliphatic carbocycles. The maximum absolute atomic E-state index is 13.1. The smallest absolute Gasteiger partial charge is 0.416 e. The van der Waals surface area contributed by atoms with E-state index in [1.165, 1.54) is 7.11 Å². The summed E-state index contributed by atoms with van der Waals surface area (Å²) < 4.78 is 56.2. The maximum atomic E-state index is 13.1. The molecule has 0 spiro atoms. The number of fused-ring (bicyclic) bond motifs is 1. The third-order valence-electron chi connectivity index (χ3n) is 4.73. The minimum Gasteiger partial charge on any atom is -0.489 e. The third-order valence-corrected chi connectivity index (χ3v) is 4.73. The van der Waals surface area contributed by atoms with E-state index in [2.05, 4.69) is 5.32 Å². The number of anilines is 1. The molecule has 0 saturated carbocycles. The van der Waals surface area contributed by atoms with Crippen molar-refractivity contribution >= 4 is 28.5 Å². The van der Waals surface area contributed by atoms with E-state index < -0.39 is 30.2 Å². The van der Waals surface area contributed by atoms with E-state index in [9.17, 15) is 22.8 Å². The monoisotopic (exact) mass is 464 g/mol. The van der Waals surface area contributed by atoms with Gasteiger partial charge in [0.05, 0.1) is 24.3 Å². The average molecular weight is 464 g/mol. The van der Waals surface area contributed by atoms with Crippen molar-refractivity contribution in [3.63, 3.8) is 0 Å². The van der Waals surface area contributed by atoms with E-state index in [-0.39, 0.29) is 31.1 Å². The number of amides is 1. The summed E-state index contributed by atoms with van der Waals surface area (Å²) in [4.78, 5) is 24.3. The van der Waals surface area contributed by atoms with E-state index in [1.54, 1.807) is 0 Å². The molecule has 3 aromatic rings. The molecule has 0 aliphatic heterocycles. The van der Waals surface area contributed by atoms with Gasteiger partial charge in [0.15, 0.2) is 6.61 Å². The number of alkyl halides is 3. The number of nitrogens with one attached hydrogen (secondary N) is 1. The first-order chi connectivity index (χ1) is 15.8. The summed E-state index contributed by atoms with van der Waals surface area (Å²) in [7, 11) is 1.45. The average Bonchev–Trinajstić information content (AvgIpc) is 3.20. The van der Waals surface area contributed by atoms with Gasteiger partial charge in [0.25, 0.3) is 5.91 Å². The van der Waals surface area contributed by atoms with Crippen LogP contribution in [0.25, 0.3) is 10.9 Å². The molecule has 33 heavy (non-hydrogen) atoms. The molecule has 3 rings (SSSR count). The summed E-state index contributed by atoms with van der Waals surface area (Å²) in [5, 5.41) is 3.35. The Morgan fingerprint density at radius 2 is 1.85 bits per heavy atom. The van der Waals surface area contributed by atoms with E-state index in [4.69, 9.17) is 14.2 Å². The third kappa shape index (κ3) is 6.72. The lowest BCUT2D eigenvalue weighted by atomic mass is 10.1. The van der Waals surface area contributed by atoms with Crippen LogP contribution in [0.4, 0.5) is 18.9 Å². The number of para-hydroxylation sites is 1.